The molecule has 0 spiro atoms. The molecule has 0 aliphatic carbocycles. The van der Waals surface area contributed by atoms with Crippen LogP contribution in [0, 0.1) is 0 Å². The van der Waals surface area contributed by atoms with Gasteiger partial charge in [0.1, 0.15) is 0 Å². The Morgan fingerprint density at radius 2 is 2.30 bits per heavy atom. The number of fused-ring (bicyclic) bond motifs is 1. The number of hydrogen-bond acceptors (Lipinski definition) is 4. The zero-order valence-electron chi connectivity index (χ0n) is 18.2. The Balaban J connectivity index is 1.97. The summed E-state index contributed by atoms with van der Waals surface area (Å²) in [4.78, 5) is 5.51. The Morgan fingerprint density at radius 1 is 1.43 bits per heavy atom. The Kier molecular flexibility index (Phi) is 4.75. The van der Waals surface area contributed by atoms with Crippen molar-refractivity contribution < 1.29 is 12.0 Å². The summed E-state index contributed by atoms with van der Waals surface area (Å²) in [6.07, 6.45) is 3.00. The number of benzene rings is 1. The van der Waals surface area contributed by atoms with E-state index in [0.717, 1.165) is 16.6 Å². The minimum atomic E-state index is -2.77. The van der Waals surface area contributed by atoms with Crippen LogP contribution in [0.1, 0.15) is 33.5 Å². The van der Waals surface area contributed by atoms with Crippen molar-refractivity contribution >= 4 is 28.2 Å². The van der Waals surface area contributed by atoms with E-state index in [2.05, 4.69) is 10.3 Å². The molecule has 2 N–H and O–H groups in total. The first-order chi connectivity index (χ1) is 13.1. The van der Waals surface area contributed by atoms with Gasteiger partial charge < -0.3 is 15.3 Å². The molecule has 0 fully saturated rings. The maximum absolute atomic E-state index is 9.17. The summed E-state index contributed by atoms with van der Waals surface area (Å²) in [6, 6.07) is 7.49. The number of likely N-dealkylation sites (N-methyl/N-ethyl adjacent to an activating group) is 1. The largest absolute Gasteiger partial charge is 0.395 e. The molecule has 0 saturated heterocycles. The number of hydrogen-bond donors (Lipinski definition) is 2. The highest BCUT2D eigenvalue weighted by Gasteiger charge is 2.08. The zero-order chi connectivity index (χ0) is 20.9. The first-order valence-electron chi connectivity index (χ1n) is 10.2. The van der Waals surface area contributed by atoms with Crippen molar-refractivity contribution in [3.63, 3.8) is 0 Å². The molecule has 0 bridgehead atoms. The standard InChI is InChI=1S/C18H26ClN3O/c1-3-22(11-12-23)10-4-5-14(2)21-17-8-9-20-18-13-15(19)6-7-16(17)18/h6-9,13-14,23H,3-5,10-12H2,1-2H3,(H,20,21)/i1D3,3D2. The number of halogens is 1. The molecule has 1 aromatic carbocycles. The lowest BCUT2D eigenvalue weighted by atomic mass is 10.1. The second kappa shape index (κ2) is 9.06. The average molecular weight is 341 g/mol. The van der Waals surface area contributed by atoms with E-state index in [1.807, 2.05) is 25.1 Å². The second-order valence-electron chi connectivity index (χ2n) is 5.53. The number of anilines is 1. The minimum Gasteiger partial charge on any atom is -0.395 e. The lowest BCUT2D eigenvalue weighted by Gasteiger charge is -2.21. The van der Waals surface area contributed by atoms with Crippen LogP contribution in [0.5, 0.6) is 0 Å². The molecule has 0 aliphatic heterocycles. The monoisotopic (exact) mass is 340 g/mol. The number of nitrogens with zero attached hydrogens (tertiary/aromatic N) is 2. The first kappa shape index (κ1) is 12.1. The van der Waals surface area contributed by atoms with E-state index < -0.39 is 13.3 Å². The third-order valence-electron chi connectivity index (χ3n) is 3.70. The normalized spacial score (nSPS) is 17.1. The van der Waals surface area contributed by atoms with Crippen LogP contribution in [0.25, 0.3) is 10.9 Å². The number of aliphatic hydroxyl groups is 1. The van der Waals surface area contributed by atoms with Gasteiger partial charge in [0.25, 0.3) is 0 Å². The summed E-state index contributed by atoms with van der Waals surface area (Å²) in [6.45, 7) is -3.32. The molecule has 0 amide bonds. The smallest absolute Gasteiger partial charge is 0.0737 e. The van der Waals surface area contributed by atoms with E-state index in [-0.39, 0.29) is 25.7 Å². The van der Waals surface area contributed by atoms with Crippen molar-refractivity contribution in [1.29, 1.82) is 0 Å². The SMILES string of the molecule is [2H]C([2H])([2H])C([2H])([2H])N(CCO)CCCC(C)Nc1ccnc2cc(Cl)ccc12. The Hall–Kier alpha value is -1.36. The van der Waals surface area contributed by atoms with Crippen molar-refractivity contribution in [3.05, 3.63) is 35.5 Å². The Bertz CT molecular complexity index is 787. The molecule has 1 unspecified atom stereocenters. The first-order valence-corrected chi connectivity index (χ1v) is 8.11. The van der Waals surface area contributed by atoms with Crippen molar-refractivity contribution in [1.82, 2.24) is 9.88 Å². The van der Waals surface area contributed by atoms with Crippen LogP contribution in [0.2, 0.25) is 5.02 Å². The van der Waals surface area contributed by atoms with E-state index in [1.54, 1.807) is 12.3 Å². The third-order valence-corrected chi connectivity index (χ3v) is 3.93. The highest BCUT2D eigenvalue weighted by atomic mass is 35.5. The molecular weight excluding hydrogens is 310 g/mol. The van der Waals surface area contributed by atoms with Gasteiger partial charge in [-0.1, -0.05) is 18.5 Å². The van der Waals surface area contributed by atoms with Gasteiger partial charge >= 0.3 is 0 Å². The fourth-order valence-electron chi connectivity index (χ4n) is 2.52. The van der Waals surface area contributed by atoms with E-state index in [9.17, 15) is 0 Å². The van der Waals surface area contributed by atoms with Gasteiger partial charge in [0.05, 0.1) is 12.1 Å². The number of nitrogens with one attached hydrogen (secondary N) is 1. The fourth-order valence-corrected chi connectivity index (χ4v) is 2.68. The summed E-state index contributed by atoms with van der Waals surface area (Å²) in [5.74, 6) is 0. The second-order valence-corrected chi connectivity index (χ2v) is 5.97. The molecule has 2 rings (SSSR count). The lowest BCUT2D eigenvalue weighted by molar-refractivity contribution is 0.199. The maximum Gasteiger partial charge on any atom is 0.0737 e. The summed E-state index contributed by atoms with van der Waals surface area (Å²) in [5.41, 5.74) is 1.73. The average Bonchev–Trinajstić information content (AvgIpc) is 2.60. The third kappa shape index (κ3) is 5.34. The summed E-state index contributed by atoms with van der Waals surface area (Å²) in [7, 11) is 0. The number of pyridine rings is 1. The van der Waals surface area contributed by atoms with Gasteiger partial charge in [-0.25, -0.2) is 0 Å². The molecule has 4 nitrogen and oxygen atoms in total. The predicted octanol–water partition coefficient (Wildman–Crippen LogP) is 3.78. The van der Waals surface area contributed by atoms with E-state index >= 15 is 0 Å². The van der Waals surface area contributed by atoms with Gasteiger partial charge in [0.2, 0.25) is 0 Å². The summed E-state index contributed by atoms with van der Waals surface area (Å²) < 4.78 is 38.0. The molecule has 0 radical (unpaired) electrons. The molecule has 0 aliphatic rings. The van der Waals surface area contributed by atoms with Crippen molar-refractivity contribution in [3.8, 4) is 0 Å². The van der Waals surface area contributed by atoms with Crippen LogP contribution in [0.4, 0.5) is 5.69 Å². The predicted molar refractivity (Wildman–Crippen MR) is 98.3 cm³/mol. The number of aliphatic hydroxyl groups excluding tert-OH is 1. The topological polar surface area (TPSA) is 48.4 Å². The molecule has 126 valence electrons. The quantitative estimate of drug-likeness (QED) is 0.729. The van der Waals surface area contributed by atoms with E-state index in [4.69, 9.17) is 23.6 Å². The van der Waals surface area contributed by atoms with Gasteiger partial charge in [-0.05, 0) is 57.1 Å². The molecule has 1 atom stereocenters. The van der Waals surface area contributed by atoms with Crippen LogP contribution >= 0.6 is 11.6 Å². The molecule has 23 heavy (non-hydrogen) atoms. The van der Waals surface area contributed by atoms with E-state index in [1.165, 1.54) is 4.90 Å². The zero-order valence-corrected chi connectivity index (χ0v) is 14.0. The van der Waals surface area contributed by atoms with Gasteiger partial charge in [-0.3, -0.25) is 4.98 Å². The van der Waals surface area contributed by atoms with Gasteiger partial charge in [0, 0.05) is 41.7 Å². The maximum atomic E-state index is 9.17. The lowest BCUT2D eigenvalue weighted by Crippen LogP contribution is -2.28. The van der Waals surface area contributed by atoms with Gasteiger partial charge in [0.15, 0.2) is 0 Å². The Labute approximate surface area is 150 Å². The van der Waals surface area contributed by atoms with Crippen molar-refractivity contribution in [2.24, 2.45) is 0 Å². The van der Waals surface area contributed by atoms with E-state index in [0.29, 0.717) is 17.9 Å². The number of rotatable bonds is 9. The fraction of sp³-hybridized carbons (Fsp3) is 0.500. The highest BCUT2D eigenvalue weighted by Crippen LogP contribution is 2.25. The summed E-state index contributed by atoms with van der Waals surface area (Å²) >= 11 is 6.02. The van der Waals surface area contributed by atoms with Crippen LogP contribution in [0.15, 0.2) is 30.5 Å². The molecule has 2 aromatic rings. The minimum absolute atomic E-state index is 0.0249. The molecule has 5 heteroatoms. The van der Waals surface area contributed by atoms with Gasteiger partial charge in [-0.2, -0.15) is 0 Å². The molecule has 1 heterocycles. The molecular formula is C18H26ClN3O. The molecule has 0 saturated carbocycles. The van der Waals surface area contributed by atoms with Crippen LogP contribution < -0.4 is 5.32 Å². The van der Waals surface area contributed by atoms with Crippen LogP contribution in [0.3, 0.4) is 0 Å². The van der Waals surface area contributed by atoms with Crippen LogP contribution in [-0.4, -0.2) is 47.2 Å². The Morgan fingerprint density at radius 3 is 3.09 bits per heavy atom. The van der Waals surface area contributed by atoms with Crippen molar-refractivity contribution in [2.45, 2.75) is 32.7 Å². The highest BCUT2D eigenvalue weighted by molar-refractivity contribution is 6.31. The molecule has 1 aromatic heterocycles. The van der Waals surface area contributed by atoms with Gasteiger partial charge in [-0.15, -0.1) is 0 Å². The summed E-state index contributed by atoms with van der Waals surface area (Å²) in [5, 5.41) is 14.2. The number of aromatic nitrogens is 1. The van der Waals surface area contributed by atoms with Crippen molar-refractivity contribution in [2.75, 3.05) is 31.5 Å². The van der Waals surface area contributed by atoms with Crippen LogP contribution in [-0.2, 0) is 0 Å².